The molecular weight excluding hydrogens is 493 g/mol. The number of rotatable bonds is 7. The van der Waals surface area contributed by atoms with Gasteiger partial charge in [-0.2, -0.15) is 0 Å². The highest BCUT2D eigenvalue weighted by Crippen LogP contribution is 2.34. The van der Waals surface area contributed by atoms with Crippen molar-refractivity contribution in [3.8, 4) is 0 Å². The summed E-state index contributed by atoms with van der Waals surface area (Å²) in [4.78, 5) is 7.22. The Bertz CT molecular complexity index is 1240. The number of halogens is 1. The van der Waals surface area contributed by atoms with Crippen LogP contribution < -0.4 is 0 Å². The van der Waals surface area contributed by atoms with E-state index < -0.39 is 20.9 Å². The summed E-state index contributed by atoms with van der Waals surface area (Å²) in [6.07, 6.45) is 4.42. The first-order valence-electron chi connectivity index (χ1n) is 13.1. The van der Waals surface area contributed by atoms with E-state index in [9.17, 15) is 12.8 Å². The zero-order valence-electron chi connectivity index (χ0n) is 21.8. The fourth-order valence-corrected chi connectivity index (χ4v) is 7.33. The van der Waals surface area contributed by atoms with E-state index in [1.165, 1.54) is 6.07 Å². The van der Waals surface area contributed by atoms with Gasteiger partial charge in [0, 0.05) is 24.2 Å². The molecule has 200 valence electrons. The molecule has 4 heterocycles. The summed E-state index contributed by atoms with van der Waals surface area (Å²) in [7, 11) is -3.83. The van der Waals surface area contributed by atoms with Crippen molar-refractivity contribution in [2.75, 3.05) is 26.3 Å². The Morgan fingerprint density at radius 1 is 1.14 bits per heavy atom. The third-order valence-corrected chi connectivity index (χ3v) is 9.93. The smallest absolute Gasteiger partial charge is 0.263 e. The second-order valence-corrected chi connectivity index (χ2v) is 12.9. The Labute approximate surface area is 219 Å². The molecule has 9 heteroatoms. The average Bonchev–Trinajstić information content (AvgIpc) is 2.81. The Balaban J connectivity index is 1.24. The molecule has 2 saturated heterocycles. The van der Waals surface area contributed by atoms with Gasteiger partial charge in [0.05, 0.1) is 19.3 Å². The summed E-state index contributed by atoms with van der Waals surface area (Å²) < 4.78 is 56.1. The fraction of sp³-hybridized carbons (Fsp3) is 0.571. The summed E-state index contributed by atoms with van der Waals surface area (Å²) in [6, 6.07) is 11.1. The lowest BCUT2D eigenvalue weighted by Gasteiger charge is -2.41. The summed E-state index contributed by atoms with van der Waals surface area (Å²) in [5.41, 5.74) is 1.44. The van der Waals surface area contributed by atoms with Crippen molar-refractivity contribution in [3.63, 3.8) is 0 Å². The summed E-state index contributed by atoms with van der Waals surface area (Å²) in [5, 5.41) is -0.840. The van der Waals surface area contributed by atoms with Gasteiger partial charge in [0.15, 0.2) is 0 Å². The Kier molecular flexibility index (Phi) is 7.40. The lowest BCUT2D eigenvalue weighted by Crippen LogP contribution is -2.51. The molecule has 37 heavy (non-hydrogen) atoms. The second-order valence-electron chi connectivity index (χ2n) is 11.1. The highest BCUT2D eigenvalue weighted by molar-refractivity contribution is 7.91. The van der Waals surface area contributed by atoms with E-state index in [2.05, 4.69) is 9.30 Å². The quantitative estimate of drug-likeness (QED) is 0.528. The van der Waals surface area contributed by atoms with Gasteiger partial charge in [-0.15, -0.1) is 4.40 Å². The van der Waals surface area contributed by atoms with E-state index in [4.69, 9.17) is 14.5 Å². The van der Waals surface area contributed by atoms with Gasteiger partial charge in [0.2, 0.25) is 5.90 Å². The molecule has 3 aliphatic rings. The van der Waals surface area contributed by atoms with E-state index >= 15 is 0 Å². The van der Waals surface area contributed by atoms with Crippen molar-refractivity contribution >= 4 is 15.9 Å². The normalized spacial score (nSPS) is 25.1. The lowest BCUT2D eigenvalue weighted by atomic mass is 9.91. The van der Waals surface area contributed by atoms with Crippen LogP contribution in [0, 0.1) is 5.82 Å². The van der Waals surface area contributed by atoms with E-state index in [1.807, 2.05) is 19.1 Å². The van der Waals surface area contributed by atoms with Gasteiger partial charge in [-0.25, -0.2) is 12.8 Å². The molecule has 0 saturated carbocycles. The molecule has 1 aromatic carbocycles. The number of piperidine rings is 1. The van der Waals surface area contributed by atoms with Gasteiger partial charge < -0.3 is 9.47 Å². The first-order chi connectivity index (χ1) is 17.6. The minimum Gasteiger partial charge on any atom is -0.473 e. The van der Waals surface area contributed by atoms with Gasteiger partial charge in [0.1, 0.15) is 16.7 Å². The van der Waals surface area contributed by atoms with Gasteiger partial charge in [-0.1, -0.05) is 31.2 Å². The fourth-order valence-electron chi connectivity index (χ4n) is 5.64. The predicted molar refractivity (Wildman–Crippen MR) is 141 cm³/mol. The average molecular weight is 530 g/mol. The zero-order valence-corrected chi connectivity index (χ0v) is 22.6. The minimum atomic E-state index is -3.83. The predicted octanol–water partition coefficient (Wildman–Crippen LogP) is 4.44. The number of pyridine rings is 1. The first-order valence-corrected chi connectivity index (χ1v) is 14.7. The number of sulfonamides is 1. The van der Waals surface area contributed by atoms with Crippen molar-refractivity contribution in [1.82, 2.24) is 9.88 Å². The summed E-state index contributed by atoms with van der Waals surface area (Å²) in [5.74, 6) is -0.0348. The molecule has 2 atom stereocenters. The van der Waals surface area contributed by atoms with E-state index in [0.717, 1.165) is 50.4 Å². The summed E-state index contributed by atoms with van der Waals surface area (Å²) in [6.45, 7) is 9.21. The number of aromatic nitrogens is 1. The molecule has 0 amide bonds. The lowest BCUT2D eigenvalue weighted by molar-refractivity contribution is -0.0713. The van der Waals surface area contributed by atoms with Crippen LogP contribution in [0.1, 0.15) is 68.7 Å². The molecule has 0 N–H and O–H groups in total. The van der Waals surface area contributed by atoms with Crippen LogP contribution in [0.4, 0.5) is 4.39 Å². The van der Waals surface area contributed by atoms with Crippen molar-refractivity contribution in [2.45, 2.75) is 75.2 Å². The van der Waals surface area contributed by atoms with Gasteiger partial charge in [-0.3, -0.25) is 9.88 Å². The number of benzene rings is 1. The maximum atomic E-state index is 14.2. The standard InChI is InChI=1S/C28H36FN3O4S/c1-19(23-6-4-5-7-24(23)29)14-27-31-37(33,34)26(28(2,3)36-27)15-20-8-9-25(30-16-20)21-10-12-32(13-11-21)22-17-35-18-22/h4-9,16,19,21-22,26H,10-15,17-18H2,1-3H3/t19-,26?/m1/s1. The molecule has 1 unspecified atom stereocenters. The minimum absolute atomic E-state index is 0.130. The number of hydrogen-bond donors (Lipinski definition) is 0. The van der Waals surface area contributed by atoms with Crippen molar-refractivity contribution in [3.05, 3.63) is 65.2 Å². The molecule has 7 nitrogen and oxygen atoms in total. The Morgan fingerprint density at radius 2 is 1.86 bits per heavy atom. The number of likely N-dealkylation sites (tertiary alicyclic amines) is 1. The van der Waals surface area contributed by atoms with Crippen molar-refractivity contribution in [2.24, 2.45) is 4.40 Å². The van der Waals surface area contributed by atoms with Gasteiger partial charge in [-0.05, 0) is 75.4 Å². The molecular formula is C28H36FN3O4S. The maximum absolute atomic E-state index is 14.2. The van der Waals surface area contributed by atoms with Crippen molar-refractivity contribution < 1.29 is 22.3 Å². The zero-order chi connectivity index (χ0) is 26.2. The molecule has 5 rings (SSSR count). The molecule has 3 aliphatic heterocycles. The Morgan fingerprint density at radius 3 is 2.46 bits per heavy atom. The van der Waals surface area contributed by atoms with Crippen LogP contribution >= 0.6 is 0 Å². The molecule has 2 aromatic rings. The van der Waals surface area contributed by atoms with Crippen LogP contribution in [0.5, 0.6) is 0 Å². The number of hydrogen-bond acceptors (Lipinski definition) is 6. The van der Waals surface area contributed by atoms with E-state index in [-0.39, 0.29) is 30.5 Å². The Hall–Kier alpha value is -2.36. The molecule has 0 spiro atoms. The molecule has 1 aromatic heterocycles. The van der Waals surface area contributed by atoms with Gasteiger partial charge >= 0.3 is 0 Å². The van der Waals surface area contributed by atoms with Crippen LogP contribution in [0.15, 0.2) is 47.0 Å². The topological polar surface area (TPSA) is 81.1 Å². The molecule has 0 aliphatic carbocycles. The summed E-state index contributed by atoms with van der Waals surface area (Å²) >= 11 is 0. The van der Waals surface area contributed by atoms with Crippen LogP contribution in [0.2, 0.25) is 0 Å². The van der Waals surface area contributed by atoms with Crippen LogP contribution in [-0.2, 0) is 25.9 Å². The van der Waals surface area contributed by atoms with Gasteiger partial charge in [0.25, 0.3) is 10.0 Å². The largest absolute Gasteiger partial charge is 0.473 e. The first kappa shape index (κ1) is 26.3. The third-order valence-electron chi connectivity index (χ3n) is 8.02. The SMILES string of the molecule is C[C@H](CC1=NS(=O)(=O)C(Cc2ccc(C3CCN(C4COC4)CC3)nc2)C(C)(C)O1)c1ccccc1F. The van der Waals surface area contributed by atoms with E-state index in [1.54, 1.807) is 38.2 Å². The second kappa shape index (κ2) is 10.4. The highest BCUT2D eigenvalue weighted by atomic mass is 32.2. The van der Waals surface area contributed by atoms with Crippen LogP contribution in [0.3, 0.4) is 0 Å². The third kappa shape index (κ3) is 5.73. The highest BCUT2D eigenvalue weighted by Gasteiger charge is 2.46. The van der Waals surface area contributed by atoms with Crippen LogP contribution in [0.25, 0.3) is 0 Å². The number of ether oxygens (including phenoxy) is 2. The maximum Gasteiger partial charge on any atom is 0.263 e. The molecule has 0 radical (unpaired) electrons. The molecule has 2 fully saturated rings. The monoisotopic (exact) mass is 529 g/mol. The number of nitrogens with zero attached hydrogens (tertiary/aromatic N) is 3. The van der Waals surface area contributed by atoms with Crippen LogP contribution in [-0.4, -0.2) is 67.4 Å². The van der Waals surface area contributed by atoms with E-state index in [0.29, 0.717) is 17.5 Å². The van der Waals surface area contributed by atoms with Crippen molar-refractivity contribution in [1.29, 1.82) is 0 Å². The molecule has 0 bridgehead atoms.